The molecule has 0 radical (unpaired) electrons. The molecule has 0 fully saturated rings. The summed E-state index contributed by atoms with van der Waals surface area (Å²) in [5.41, 5.74) is 2.31. The third-order valence-corrected chi connectivity index (χ3v) is 2.50. The van der Waals surface area contributed by atoms with Crippen molar-refractivity contribution >= 4 is 15.9 Å². The average Bonchev–Trinajstić information content (AvgIpc) is 2.51. The molecule has 3 heteroatoms. The minimum absolute atomic E-state index is 0.827. The molecule has 0 N–H and O–H groups in total. The van der Waals surface area contributed by atoms with Gasteiger partial charge in [-0.25, -0.2) is 0 Å². The Hall–Kier alpha value is -1.09. The van der Waals surface area contributed by atoms with Crippen molar-refractivity contribution in [3.8, 4) is 0 Å². The van der Waals surface area contributed by atoms with E-state index in [1.54, 1.807) is 0 Å². The van der Waals surface area contributed by atoms with Gasteiger partial charge in [-0.05, 0) is 30.7 Å². The first-order chi connectivity index (χ1) is 6.74. The summed E-state index contributed by atoms with van der Waals surface area (Å²) in [6.45, 7) is 2.82. The number of rotatable bonds is 2. The third kappa shape index (κ3) is 2.23. The molecule has 0 saturated heterocycles. The molecule has 0 atom stereocenters. The predicted molar refractivity (Wildman–Crippen MR) is 60.2 cm³/mol. The molecule has 0 amide bonds. The minimum Gasteiger partial charge on any atom is -0.268 e. The maximum absolute atomic E-state index is 4.34. The van der Waals surface area contributed by atoms with Crippen LogP contribution >= 0.6 is 15.9 Å². The fourth-order valence-corrected chi connectivity index (χ4v) is 1.82. The summed E-state index contributed by atoms with van der Waals surface area (Å²) in [5.74, 6) is 0. The molecule has 1 heterocycles. The van der Waals surface area contributed by atoms with Crippen molar-refractivity contribution in [2.45, 2.75) is 13.5 Å². The Bertz CT molecular complexity index is 434. The van der Waals surface area contributed by atoms with Gasteiger partial charge in [-0.2, -0.15) is 5.10 Å². The first-order valence-corrected chi connectivity index (χ1v) is 5.28. The second-order valence-electron chi connectivity index (χ2n) is 3.28. The first-order valence-electron chi connectivity index (χ1n) is 4.48. The monoisotopic (exact) mass is 250 g/mol. The van der Waals surface area contributed by atoms with E-state index >= 15 is 0 Å². The number of nitrogens with zero attached hydrogens (tertiary/aromatic N) is 2. The van der Waals surface area contributed by atoms with Gasteiger partial charge in [0.25, 0.3) is 0 Å². The van der Waals surface area contributed by atoms with Gasteiger partial charge >= 0.3 is 0 Å². The Morgan fingerprint density at radius 3 is 2.86 bits per heavy atom. The van der Waals surface area contributed by atoms with E-state index in [0.717, 1.165) is 16.7 Å². The van der Waals surface area contributed by atoms with Crippen molar-refractivity contribution < 1.29 is 0 Å². The number of benzene rings is 1. The molecule has 0 aliphatic rings. The highest BCUT2D eigenvalue weighted by atomic mass is 79.9. The molecule has 0 saturated carbocycles. The third-order valence-electron chi connectivity index (χ3n) is 2.01. The molecular weight excluding hydrogens is 240 g/mol. The lowest BCUT2D eigenvalue weighted by Crippen LogP contribution is -2.00. The van der Waals surface area contributed by atoms with Crippen LogP contribution in [0, 0.1) is 6.92 Å². The number of aromatic nitrogens is 2. The van der Waals surface area contributed by atoms with Gasteiger partial charge in [0.1, 0.15) is 0 Å². The molecule has 0 bridgehead atoms. The van der Waals surface area contributed by atoms with Gasteiger partial charge in [0.15, 0.2) is 0 Å². The van der Waals surface area contributed by atoms with Crippen LogP contribution in [0.3, 0.4) is 0 Å². The van der Waals surface area contributed by atoms with Gasteiger partial charge < -0.3 is 0 Å². The van der Waals surface area contributed by atoms with Gasteiger partial charge in [-0.1, -0.05) is 28.1 Å². The van der Waals surface area contributed by atoms with E-state index in [1.165, 1.54) is 5.56 Å². The molecule has 0 aliphatic heterocycles. The minimum atomic E-state index is 0.827. The molecule has 0 spiro atoms. The molecule has 1 aromatic carbocycles. The highest BCUT2D eigenvalue weighted by Gasteiger charge is 1.96. The van der Waals surface area contributed by atoms with Crippen LogP contribution in [-0.4, -0.2) is 9.78 Å². The van der Waals surface area contributed by atoms with Gasteiger partial charge in [-0.3, -0.25) is 4.68 Å². The second-order valence-corrected chi connectivity index (χ2v) is 4.20. The zero-order valence-corrected chi connectivity index (χ0v) is 9.53. The number of aryl methyl sites for hydroxylation is 1. The summed E-state index contributed by atoms with van der Waals surface area (Å²) < 4.78 is 3.05. The molecule has 0 aliphatic carbocycles. The second kappa shape index (κ2) is 3.96. The van der Waals surface area contributed by atoms with Crippen LogP contribution in [0.15, 0.2) is 41.0 Å². The summed E-state index contributed by atoms with van der Waals surface area (Å²) in [6.07, 6.45) is 2.00. The van der Waals surface area contributed by atoms with Crippen molar-refractivity contribution in [1.29, 1.82) is 0 Å². The first kappa shape index (κ1) is 9.46. The van der Waals surface area contributed by atoms with E-state index in [9.17, 15) is 0 Å². The van der Waals surface area contributed by atoms with E-state index in [1.807, 2.05) is 36.0 Å². The number of hydrogen-bond acceptors (Lipinski definition) is 1. The molecule has 2 rings (SSSR count). The SMILES string of the molecule is Cc1ccn(Cc2cccc(Br)c2)n1. The van der Waals surface area contributed by atoms with E-state index in [2.05, 4.69) is 33.2 Å². The Balaban J connectivity index is 2.18. The van der Waals surface area contributed by atoms with Crippen molar-refractivity contribution in [3.63, 3.8) is 0 Å². The molecule has 14 heavy (non-hydrogen) atoms. The summed E-state index contributed by atoms with van der Waals surface area (Å²) in [5, 5.41) is 4.34. The topological polar surface area (TPSA) is 17.8 Å². The van der Waals surface area contributed by atoms with Crippen molar-refractivity contribution in [2.24, 2.45) is 0 Å². The van der Waals surface area contributed by atoms with Crippen LogP contribution < -0.4 is 0 Å². The maximum atomic E-state index is 4.34. The fourth-order valence-electron chi connectivity index (χ4n) is 1.37. The molecular formula is C11H11BrN2. The molecule has 2 aromatic rings. The summed E-state index contributed by atoms with van der Waals surface area (Å²) >= 11 is 3.45. The van der Waals surface area contributed by atoms with E-state index in [0.29, 0.717) is 0 Å². The van der Waals surface area contributed by atoms with Crippen LogP contribution in [0.4, 0.5) is 0 Å². The number of halogens is 1. The zero-order valence-electron chi connectivity index (χ0n) is 7.94. The van der Waals surface area contributed by atoms with Crippen LogP contribution in [0.2, 0.25) is 0 Å². The summed E-state index contributed by atoms with van der Waals surface area (Å²) in [7, 11) is 0. The van der Waals surface area contributed by atoms with E-state index in [-0.39, 0.29) is 0 Å². The largest absolute Gasteiger partial charge is 0.268 e. The average molecular weight is 251 g/mol. The summed E-state index contributed by atoms with van der Waals surface area (Å²) in [6, 6.07) is 10.3. The molecule has 0 unspecified atom stereocenters. The van der Waals surface area contributed by atoms with Crippen LogP contribution in [0.1, 0.15) is 11.3 Å². The van der Waals surface area contributed by atoms with Crippen LogP contribution in [0.5, 0.6) is 0 Å². The Morgan fingerprint density at radius 1 is 1.36 bits per heavy atom. The number of hydrogen-bond donors (Lipinski definition) is 0. The predicted octanol–water partition coefficient (Wildman–Crippen LogP) is 3.00. The fraction of sp³-hybridized carbons (Fsp3) is 0.182. The molecule has 2 nitrogen and oxygen atoms in total. The zero-order chi connectivity index (χ0) is 9.97. The van der Waals surface area contributed by atoms with Crippen molar-refractivity contribution in [1.82, 2.24) is 9.78 Å². The Kier molecular flexibility index (Phi) is 2.68. The lowest BCUT2D eigenvalue weighted by atomic mass is 10.2. The highest BCUT2D eigenvalue weighted by Crippen LogP contribution is 2.12. The summed E-state index contributed by atoms with van der Waals surface area (Å²) in [4.78, 5) is 0. The van der Waals surface area contributed by atoms with Crippen molar-refractivity contribution in [3.05, 3.63) is 52.3 Å². The van der Waals surface area contributed by atoms with Crippen LogP contribution in [0.25, 0.3) is 0 Å². The van der Waals surface area contributed by atoms with Gasteiger partial charge in [0.2, 0.25) is 0 Å². The molecule has 72 valence electrons. The standard InChI is InChI=1S/C11H11BrN2/c1-9-5-6-14(13-9)8-10-3-2-4-11(12)7-10/h2-7H,8H2,1H3. The maximum Gasteiger partial charge on any atom is 0.0659 e. The lowest BCUT2D eigenvalue weighted by Gasteiger charge is -2.01. The van der Waals surface area contributed by atoms with Crippen LogP contribution in [-0.2, 0) is 6.54 Å². The van der Waals surface area contributed by atoms with Gasteiger partial charge in [0, 0.05) is 10.7 Å². The van der Waals surface area contributed by atoms with Crippen molar-refractivity contribution in [2.75, 3.05) is 0 Å². The van der Waals surface area contributed by atoms with E-state index < -0.39 is 0 Å². The molecule has 1 aromatic heterocycles. The van der Waals surface area contributed by atoms with Gasteiger partial charge in [0.05, 0.1) is 12.2 Å². The highest BCUT2D eigenvalue weighted by molar-refractivity contribution is 9.10. The van der Waals surface area contributed by atoms with Gasteiger partial charge in [-0.15, -0.1) is 0 Å². The lowest BCUT2D eigenvalue weighted by molar-refractivity contribution is 0.679. The van der Waals surface area contributed by atoms with E-state index in [4.69, 9.17) is 0 Å². The smallest absolute Gasteiger partial charge is 0.0659 e. The Morgan fingerprint density at radius 2 is 2.21 bits per heavy atom. The normalized spacial score (nSPS) is 10.4. The quantitative estimate of drug-likeness (QED) is 0.802. The Labute approximate surface area is 91.7 Å².